The fourth-order valence-corrected chi connectivity index (χ4v) is 2.12. The third-order valence-electron chi connectivity index (χ3n) is 2.85. The monoisotopic (exact) mass is 172 g/mol. The van der Waals surface area contributed by atoms with Crippen LogP contribution in [0.25, 0.3) is 0 Å². The Hall–Kier alpha value is -0.0800. The molecule has 2 bridgehead atoms. The first kappa shape index (κ1) is 10.0. The summed E-state index contributed by atoms with van der Waals surface area (Å²) in [6.07, 6.45) is 2.80. The lowest BCUT2D eigenvalue weighted by atomic mass is 9.71. The second kappa shape index (κ2) is 4.24. The van der Waals surface area contributed by atoms with E-state index in [2.05, 4.69) is 24.7 Å². The maximum Gasteiger partial charge on any atom is 0.0265 e. The Morgan fingerprint density at radius 2 is 1.75 bits per heavy atom. The van der Waals surface area contributed by atoms with Gasteiger partial charge in [0.05, 0.1) is 0 Å². The fourth-order valence-electron chi connectivity index (χ4n) is 2.12. The summed E-state index contributed by atoms with van der Waals surface area (Å²) in [6.45, 7) is 8.58. The normalized spacial score (nSPS) is 38.2. The van der Waals surface area contributed by atoms with Crippen molar-refractivity contribution in [3.8, 4) is 0 Å². The highest BCUT2D eigenvalue weighted by molar-refractivity contribution is 4.96. The van der Waals surface area contributed by atoms with E-state index in [0.29, 0.717) is 0 Å². The highest BCUT2D eigenvalue weighted by Gasteiger charge is 2.40. The van der Waals surface area contributed by atoms with Crippen molar-refractivity contribution < 1.29 is 1.43 Å². The molecule has 2 saturated heterocycles. The fraction of sp³-hybridized carbons (Fsp3) is 1.00. The molecule has 0 aromatic rings. The number of fused-ring (bicyclic) bond motifs is 2. The van der Waals surface area contributed by atoms with Gasteiger partial charge in [-0.15, -0.1) is 0 Å². The smallest absolute Gasteiger partial charge is 0.0265 e. The van der Waals surface area contributed by atoms with Gasteiger partial charge in [-0.3, -0.25) is 10.9 Å². The molecular formula is C10H24N2. The van der Waals surface area contributed by atoms with Crippen LogP contribution in [-0.2, 0) is 0 Å². The molecule has 0 amide bonds. The predicted molar refractivity (Wildman–Crippen MR) is 54.9 cm³/mol. The first-order chi connectivity index (χ1) is 5.77. The molecule has 0 aromatic heterocycles. The van der Waals surface area contributed by atoms with Gasteiger partial charge in [-0.05, 0) is 24.7 Å². The number of hydrogen-bond donors (Lipinski definition) is 2. The van der Waals surface area contributed by atoms with Gasteiger partial charge >= 0.3 is 0 Å². The molecule has 2 heteroatoms. The van der Waals surface area contributed by atoms with Gasteiger partial charge in [0.25, 0.3) is 0 Å². The summed E-state index contributed by atoms with van der Waals surface area (Å²) in [5.41, 5.74) is 6.70. The highest BCUT2D eigenvalue weighted by atomic mass is 15.4. The second-order valence-electron chi connectivity index (χ2n) is 3.99. The Morgan fingerprint density at radius 3 is 2.00 bits per heavy atom. The van der Waals surface area contributed by atoms with Gasteiger partial charge in [0.2, 0.25) is 0 Å². The van der Waals surface area contributed by atoms with E-state index in [-0.39, 0.29) is 1.43 Å². The van der Waals surface area contributed by atoms with E-state index in [0.717, 1.165) is 23.9 Å². The molecule has 74 valence electrons. The van der Waals surface area contributed by atoms with Crippen LogP contribution in [0.15, 0.2) is 0 Å². The summed E-state index contributed by atoms with van der Waals surface area (Å²) in [6, 6.07) is 1.52. The van der Waals surface area contributed by atoms with Crippen molar-refractivity contribution >= 4 is 0 Å². The Kier molecular flexibility index (Phi) is 3.53. The van der Waals surface area contributed by atoms with Gasteiger partial charge in [0.15, 0.2) is 0 Å². The topological polar surface area (TPSA) is 24.1 Å². The third-order valence-corrected chi connectivity index (χ3v) is 2.85. The van der Waals surface area contributed by atoms with E-state index in [1.54, 1.807) is 0 Å². The molecule has 2 nitrogen and oxygen atoms in total. The van der Waals surface area contributed by atoms with E-state index in [1.807, 2.05) is 13.8 Å². The van der Waals surface area contributed by atoms with Crippen LogP contribution >= 0.6 is 0 Å². The van der Waals surface area contributed by atoms with Crippen LogP contribution in [0.4, 0.5) is 0 Å². The molecule has 0 radical (unpaired) electrons. The van der Waals surface area contributed by atoms with Crippen molar-refractivity contribution in [3.63, 3.8) is 0 Å². The van der Waals surface area contributed by atoms with Crippen molar-refractivity contribution in [3.05, 3.63) is 0 Å². The SMILES string of the molecule is CC.CC(C)[C@H]1NNC2CC1C2.[HH]. The van der Waals surface area contributed by atoms with Crippen LogP contribution in [0, 0.1) is 11.8 Å². The zero-order valence-corrected chi connectivity index (χ0v) is 8.72. The van der Waals surface area contributed by atoms with Crippen LogP contribution in [0.1, 0.15) is 42.0 Å². The maximum atomic E-state index is 3.37. The first-order valence-electron chi connectivity index (χ1n) is 5.28. The largest absolute Gasteiger partial charge is 0.254 e. The number of hydrogen-bond acceptors (Lipinski definition) is 2. The molecule has 12 heavy (non-hydrogen) atoms. The van der Waals surface area contributed by atoms with Crippen molar-refractivity contribution in [2.75, 3.05) is 0 Å². The van der Waals surface area contributed by atoms with E-state index in [4.69, 9.17) is 0 Å². The molecule has 2 aliphatic heterocycles. The van der Waals surface area contributed by atoms with E-state index < -0.39 is 0 Å². The minimum absolute atomic E-state index is 0. The number of nitrogens with one attached hydrogen (secondary N) is 2. The van der Waals surface area contributed by atoms with Crippen LogP contribution < -0.4 is 10.9 Å². The summed E-state index contributed by atoms with van der Waals surface area (Å²) in [4.78, 5) is 0. The molecule has 1 atom stereocenters. The first-order valence-corrected chi connectivity index (χ1v) is 5.28. The summed E-state index contributed by atoms with van der Waals surface area (Å²) >= 11 is 0. The Balaban J connectivity index is 0.000000451. The Labute approximate surface area is 77.6 Å². The molecule has 3 aliphatic rings. The standard InChI is InChI=1S/C8H16N2.C2H6.H2/c1-5(2)8-6-3-7(4-6)9-10-8;1-2;/h5-10H,3-4H2,1-2H3;1-2H3;1H/t6?,7?,8-;;/m1../s1. The molecule has 1 aliphatic carbocycles. The summed E-state index contributed by atoms with van der Waals surface area (Å²) in [7, 11) is 0. The van der Waals surface area contributed by atoms with Gasteiger partial charge in [0, 0.05) is 13.5 Å². The van der Waals surface area contributed by atoms with Gasteiger partial charge in [-0.2, -0.15) is 0 Å². The van der Waals surface area contributed by atoms with Crippen LogP contribution in [-0.4, -0.2) is 12.1 Å². The van der Waals surface area contributed by atoms with Crippen molar-refractivity contribution in [1.82, 2.24) is 10.9 Å². The second-order valence-corrected chi connectivity index (χ2v) is 3.99. The number of hydrazine groups is 1. The Bertz CT molecular complexity index is 130. The lowest BCUT2D eigenvalue weighted by Crippen LogP contribution is -2.65. The third kappa shape index (κ3) is 1.80. The van der Waals surface area contributed by atoms with Crippen molar-refractivity contribution in [1.29, 1.82) is 0 Å². The zero-order chi connectivity index (χ0) is 9.14. The highest BCUT2D eigenvalue weighted by Crippen LogP contribution is 2.35. The van der Waals surface area contributed by atoms with E-state index >= 15 is 0 Å². The molecule has 3 fully saturated rings. The molecule has 2 N–H and O–H groups in total. The minimum atomic E-state index is 0. The van der Waals surface area contributed by atoms with Crippen LogP contribution in [0.2, 0.25) is 0 Å². The zero-order valence-electron chi connectivity index (χ0n) is 8.72. The average Bonchev–Trinajstić information content (AvgIpc) is 2.07. The molecular weight excluding hydrogens is 148 g/mol. The summed E-state index contributed by atoms with van der Waals surface area (Å²) in [5.74, 6) is 1.74. The quantitative estimate of drug-likeness (QED) is 0.633. The van der Waals surface area contributed by atoms with Crippen LogP contribution in [0.5, 0.6) is 0 Å². The molecule has 3 rings (SSSR count). The van der Waals surface area contributed by atoms with Crippen molar-refractivity contribution in [2.24, 2.45) is 11.8 Å². The van der Waals surface area contributed by atoms with E-state index in [9.17, 15) is 0 Å². The maximum absolute atomic E-state index is 3.37. The average molecular weight is 172 g/mol. The summed E-state index contributed by atoms with van der Waals surface area (Å²) < 4.78 is 0. The lowest BCUT2D eigenvalue weighted by Gasteiger charge is -2.49. The van der Waals surface area contributed by atoms with Gasteiger partial charge < -0.3 is 0 Å². The van der Waals surface area contributed by atoms with Gasteiger partial charge in [-0.25, -0.2) is 0 Å². The van der Waals surface area contributed by atoms with Gasteiger partial charge in [0.1, 0.15) is 0 Å². The van der Waals surface area contributed by atoms with E-state index in [1.165, 1.54) is 12.8 Å². The molecule has 0 unspecified atom stereocenters. The number of rotatable bonds is 1. The molecule has 1 saturated carbocycles. The molecule has 0 spiro atoms. The van der Waals surface area contributed by atoms with Crippen molar-refractivity contribution in [2.45, 2.75) is 52.6 Å². The predicted octanol–water partition coefficient (Wildman–Crippen LogP) is 2.17. The lowest BCUT2D eigenvalue weighted by molar-refractivity contribution is 0.0551. The van der Waals surface area contributed by atoms with Gasteiger partial charge in [-0.1, -0.05) is 27.7 Å². The van der Waals surface area contributed by atoms with Crippen LogP contribution in [0.3, 0.4) is 0 Å². The molecule has 2 heterocycles. The minimum Gasteiger partial charge on any atom is -0.254 e. The molecule has 0 aromatic carbocycles. The summed E-state index contributed by atoms with van der Waals surface area (Å²) in [5, 5.41) is 0. The Morgan fingerprint density at radius 1 is 1.17 bits per heavy atom.